The van der Waals surface area contributed by atoms with Gasteiger partial charge in [-0.1, -0.05) is 0 Å². The fourth-order valence-electron chi connectivity index (χ4n) is 2.14. The highest BCUT2D eigenvalue weighted by Crippen LogP contribution is 2.28. The number of allylic oxidation sites excluding steroid dienone is 2. The topological polar surface area (TPSA) is 53.3 Å². The van der Waals surface area contributed by atoms with Crippen molar-refractivity contribution in [1.29, 1.82) is 5.26 Å². The predicted octanol–water partition coefficient (Wildman–Crippen LogP) is 2.16. The molecule has 0 spiro atoms. The zero-order valence-electron chi connectivity index (χ0n) is 10.8. The van der Waals surface area contributed by atoms with Gasteiger partial charge < -0.3 is 9.64 Å². The molecule has 19 heavy (non-hydrogen) atoms. The van der Waals surface area contributed by atoms with E-state index >= 15 is 0 Å². The molecule has 1 saturated heterocycles. The first-order valence-corrected chi connectivity index (χ1v) is 7.13. The van der Waals surface area contributed by atoms with Crippen LogP contribution >= 0.6 is 11.3 Å². The Labute approximate surface area is 116 Å². The first kappa shape index (κ1) is 13.8. The quantitative estimate of drug-likeness (QED) is 0.791. The molecule has 0 N–H and O–H groups in total. The van der Waals surface area contributed by atoms with Crippen LogP contribution in [-0.2, 0) is 9.53 Å². The molecule has 4 nitrogen and oxygen atoms in total. The van der Waals surface area contributed by atoms with Gasteiger partial charge in [-0.05, 0) is 29.3 Å². The second-order valence-electron chi connectivity index (χ2n) is 4.40. The van der Waals surface area contributed by atoms with E-state index in [0.717, 1.165) is 24.4 Å². The summed E-state index contributed by atoms with van der Waals surface area (Å²) in [5, 5.41) is 13.4. The normalized spacial score (nSPS) is 17.9. The van der Waals surface area contributed by atoms with E-state index in [4.69, 9.17) is 4.74 Å². The van der Waals surface area contributed by atoms with Crippen molar-refractivity contribution < 1.29 is 9.53 Å². The molecule has 0 aliphatic carbocycles. The van der Waals surface area contributed by atoms with Gasteiger partial charge in [0.1, 0.15) is 5.92 Å². The summed E-state index contributed by atoms with van der Waals surface area (Å²) in [7, 11) is 0. The van der Waals surface area contributed by atoms with Crippen LogP contribution in [0.5, 0.6) is 0 Å². The average Bonchev–Trinajstić information content (AvgIpc) is 2.93. The largest absolute Gasteiger partial charge is 0.378 e. The maximum absolute atomic E-state index is 11.4. The molecule has 100 valence electrons. The summed E-state index contributed by atoms with van der Waals surface area (Å²) in [6.07, 6.45) is 1.58. The van der Waals surface area contributed by atoms with E-state index in [1.807, 2.05) is 16.8 Å². The molecule has 1 aliphatic rings. The molecule has 0 aromatic carbocycles. The van der Waals surface area contributed by atoms with Gasteiger partial charge in [-0.2, -0.15) is 16.6 Å². The summed E-state index contributed by atoms with van der Waals surface area (Å²) in [6, 6.07) is 4.25. The second kappa shape index (κ2) is 6.50. The van der Waals surface area contributed by atoms with Crippen LogP contribution in [0.25, 0.3) is 0 Å². The molecule has 2 rings (SSSR count). The van der Waals surface area contributed by atoms with Crippen LogP contribution in [0.2, 0.25) is 0 Å². The highest BCUT2D eigenvalue weighted by Gasteiger charge is 2.24. The van der Waals surface area contributed by atoms with E-state index in [-0.39, 0.29) is 11.7 Å². The molecular weight excluding hydrogens is 260 g/mol. The summed E-state index contributed by atoms with van der Waals surface area (Å²) in [6.45, 7) is 4.24. The highest BCUT2D eigenvalue weighted by molar-refractivity contribution is 7.08. The van der Waals surface area contributed by atoms with Crippen LogP contribution in [0.15, 0.2) is 28.6 Å². The lowest BCUT2D eigenvalue weighted by molar-refractivity contribution is -0.112. The van der Waals surface area contributed by atoms with Gasteiger partial charge in [0.15, 0.2) is 5.78 Å². The van der Waals surface area contributed by atoms with Crippen LogP contribution in [0.4, 0.5) is 0 Å². The Kier molecular flexibility index (Phi) is 4.72. The van der Waals surface area contributed by atoms with Crippen LogP contribution in [0.3, 0.4) is 0 Å². The van der Waals surface area contributed by atoms with E-state index in [2.05, 4.69) is 11.0 Å². The van der Waals surface area contributed by atoms with Gasteiger partial charge in [0.2, 0.25) is 0 Å². The third kappa shape index (κ3) is 3.43. The minimum Gasteiger partial charge on any atom is -0.378 e. The fourth-order valence-corrected chi connectivity index (χ4v) is 2.82. The van der Waals surface area contributed by atoms with Crippen molar-refractivity contribution in [2.24, 2.45) is 0 Å². The van der Waals surface area contributed by atoms with Gasteiger partial charge in [-0.15, -0.1) is 0 Å². The van der Waals surface area contributed by atoms with Crippen molar-refractivity contribution in [3.63, 3.8) is 0 Å². The molecule has 1 aliphatic heterocycles. The van der Waals surface area contributed by atoms with Crippen LogP contribution in [-0.4, -0.2) is 37.0 Å². The maximum Gasteiger partial charge on any atom is 0.154 e. The zero-order chi connectivity index (χ0) is 13.7. The third-order valence-electron chi connectivity index (χ3n) is 3.03. The molecule has 1 atom stereocenters. The summed E-state index contributed by atoms with van der Waals surface area (Å²) in [5.41, 5.74) is 1.74. The molecule has 0 radical (unpaired) electrons. The lowest BCUT2D eigenvalue weighted by Gasteiger charge is -2.32. The molecule has 0 saturated carbocycles. The third-order valence-corrected chi connectivity index (χ3v) is 3.73. The first-order valence-electron chi connectivity index (χ1n) is 6.19. The van der Waals surface area contributed by atoms with Gasteiger partial charge >= 0.3 is 0 Å². The number of ether oxygens (including phenoxy) is 1. The number of ketones is 1. The highest BCUT2D eigenvalue weighted by atomic mass is 32.1. The summed E-state index contributed by atoms with van der Waals surface area (Å²) in [5.74, 6) is -0.412. The Morgan fingerprint density at radius 2 is 2.32 bits per heavy atom. The fraction of sp³-hybridized carbons (Fsp3) is 0.429. The molecule has 5 heteroatoms. The monoisotopic (exact) mass is 276 g/mol. The van der Waals surface area contributed by atoms with Crippen molar-refractivity contribution >= 4 is 17.1 Å². The maximum atomic E-state index is 11.4. The first-order chi connectivity index (χ1) is 9.22. The lowest BCUT2D eigenvalue weighted by Crippen LogP contribution is -2.37. The van der Waals surface area contributed by atoms with E-state index in [1.165, 1.54) is 6.92 Å². The Morgan fingerprint density at radius 3 is 2.84 bits per heavy atom. The van der Waals surface area contributed by atoms with E-state index in [1.54, 1.807) is 17.4 Å². The zero-order valence-corrected chi connectivity index (χ0v) is 11.7. The van der Waals surface area contributed by atoms with Crippen molar-refractivity contribution in [3.05, 3.63) is 34.2 Å². The predicted molar refractivity (Wildman–Crippen MR) is 73.8 cm³/mol. The van der Waals surface area contributed by atoms with Crippen molar-refractivity contribution in [2.45, 2.75) is 12.8 Å². The average molecular weight is 276 g/mol. The van der Waals surface area contributed by atoms with E-state index in [0.29, 0.717) is 13.2 Å². The van der Waals surface area contributed by atoms with Crippen molar-refractivity contribution in [1.82, 2.24) is 4.90 Å². The number of morpholine rings is 1. The number of nitriles is 1. The molecular formula is C14H16N2O2S. The van der Waals surface area contributed by atoms with Crippen LogP contribution in [0.1, 0.15) is 18.4 Å². The van der Waals surface area contributed by atoms with Gasteiger partial charge in [0.25, 0.3) is 0 Å². The van der Waals surface area contributed by atoms with Crippen molar-refractivity contribution in [3.8, 4) is 6.07 Å². The number of thiophene rings is 1. The van der Waals surface area contributed by atoms with E-state index in [9.17, 15) is 10.1 Å². The molecule has 1 unspecified atom stereocenters. The van der Waals surface area contributed by atoms with Gasteiger partial charge in [0, 0.05) is 24.9 Å². The number of rotatable bonds is 4. The minimum absolute atomic E-state index is 0.0306. The Morgan fingerprint density at radius 1 is 1.58 bits per heavy atom. The Bertz CT molecular complexity index is 496. The van der Waals surface area contributed by atoms with Crippen LogP contribution in [0, 0.1) is 11.3 Å². The molecule has 0 amide bonds. The smallest absolute Gasteiger partial charge is 0.154 e. The number of hydrogen-bond donors (Lipinski definition) is 0. The van der Waals surface area contributed by atoms with Gasteiger partial charge in [-0.25, -0.2) is 0 Å². The number of hydrogen-bond acceptors (Lipinski definition) is 5. The summed E-state index contributed by atoms with van der Waals surface area (Å²) < 4.78 is 5.32. The molecule has 2 heterocycles. The summed E-state index contributed by atoms with van der Waals surface area (Å²) >= 11 is 1.56. The van der Waals surface area contributed by atoms with E-state index < -0.39 is 0 Å². The molecule has 1 aromatic heterocycles. The Hall–Kier alpha value is -1.64. The molecule has 1 aromatic rings. The minimum atomic E-state index is -0.381. The Balaban J connectivity index is 2.31. The molecule has 1 fully saturated rings. The van der Waals surface area contributed by atoms with Gasteiger partial charge in [0.05, 0.1) is 19.3 Å². The standard InChI is InChI=1S/C14H16N2O2S/c1-11(17)8-14(16-3-5-18-6-4-16)13(9-15)12-2-7-19-10-12/h2,7-8,10,13H,3-6H2,1H3/b14-8+. The SMILES string of the molecule is CC(=O)/C=C(\C(C#N)c1ccsc1)N1CCOCC1. The molecule has 0 bridgehead atoms. The van der Waals surface area contributed by atoms with Crippen molar-refractivity contribution in [2.75, 3.05) is 26.3 Å². The van der Waals surface area contributed by atoms with Crippen LogP contribution < -0.4 is 0 Å². The second-order valence-corrected chi connectivity index (χ2v) is 5.18. The number of carbonyl (C=O) groups is 1. The summed E-state index contributed by atoms with van der Waals surface area (Å²) in [4.78, 5) is 13.5. The lowest BCUT2D eigenvalue weighted by atomic mass is 9.97. The van der Waals surface area contributed by atoms with Gasteiger partial charge in [-0.3, -0.25) is 4.79 Å². The number of nitrogens with zero attached hydrogens (tertiary/aromatic N) is 2. The number of carbonyl (C=O) groups excluding carboxylic acids is 1.